The zero-order valence-corrected chi connectivity index (χ0v) is 12.6. The average molecular weight is 364 g/mol. The molecule has 0 aromatic heterocycles. The first-order chi connectivity index (χ1) is 11.1. The van der Waals surface area contributed by atoms with E-state index in [2.05, 4.69) is 5.32 Å². The van der Waals surface area contributed by atoms with Crippen molar-refractivity contribution in [2.45, 2.75) is 6.04 Å². The van der Waals surface area contributed by atoms with Gasteiger partial charge in [0.1, 0.15) is 6.04 Å². The highest BCUT2D eigenvalue weighted by atomic mass is 32.2. The highest BCUT2D eigenvalue weighted by Gasteiger charge is 2.43. The summed E-state index contributed by atoms with van der Waals surface area (Å²) in [7, 11) is -4.68. The number of carbonyl (C=O) groups is 5. The molecule has 2 heterocycles. The molecule has 0 aromatic carbocycles. The van der Waals surface area contributed by atoms with Crippen LogP contribution in [0.5, 0.6) is 0 Å². The highest BCUT2D eigenvalue weighted by Crippen LogP contribution is 2.10. The number of rotatable bonds is 3. The van der Waals surface area contributed by atoms with Gasteiger partial charge in [-0.3, -0.25) is 9.69 Å². The van der Waals surface area contributed by atoms with E-state index in [0.29, 0.717) is 9.80 Å². The molecule has 0 saturated carbocycles. The molecule has 0 bridgehead atoms. The lowest BCUT2D eigenvalue weighted by Gasteiger charge is -2.35. The van der Waals surface area contributed by atoms with Crippen LogP contribution < -0.4 is 20.1 Å². The largest absolute Gasteiger partial charge is 0.465 e. The summed E-state index contributed by atoms with van der Waals surface area (Å²) < 4.78 is 26.2. The van der Waals surface area contributed by atoms with Crippen LogP contribution in [-0.2, 0) is 15.0 Å². The van der Waals surface area contributed by atoms with Crippen molar-refractivity contribution in [2.24, 2.45) is 0 Å². The van der Waals surface area contributed by atoms with Crippen molar-refractivity contribution >= 4 is 40.3 Å². The summed E-state index contributed by atoms with van der Waals surface area (Å²) in [6.07, 6.45) is -1.47. The summed E-state index contributed by atoms with van der Waals surface area (Å²) in [6.45, 7) is -0.269. The Morgan fingerprint density at radius 1 is 1.12 bits per heavy atom. The van der Waals surface area contributed by atoms with Gasteiger partial charge in [0.2, 0.25) is 0 Å². The number of imide groups is 2. The number of urea groups is 3. The fourth-order valence-electron chi connectivity index (χ4n) is 1.90. The molecule has 0 unspecified atom stereocenters. The van der Waals surface area contributed by atoms with E-state index in [1.54, 1.807) is 0 Å². The minimum absolute atomic E-state index is 0.0543. The third kappa shape index (κ3) is 3.62. The Hall–Kier alpha value is -3.10. The first-order valence-electron chi connectivity index (χ1n) is 6.35. The molecule has 2 rings (SSSR count). The van der Waals surface area contributed by atoms with Crippen molar-refractivity contribution in [1.29, 1.82) is 0 Å². The summed E-state index contributed by atoms with van der Waals surface area (Å²) in [5.41, 5.74) is 0. The minimum Gasteiger partial charge on any atom is -0.465 e. The standard InChI is InChI=1S/C9H12N6O8S/c16-5-4(11-9(20)21)3-15(5)8(19)13-24(22,23)12-7(18)14-2-1-10-6(14)17/h4,11H,1-3H2,(H,10,17)(H,12,18)(H,13,19)(H,20,21)/t4-/m0/s1. The molecule has 0 aromatic rings. The maximum atomic E-state index is 11.7. The third-order valence-corrected chi connectivity index (χ3v) is 3.90. The van der Waals surface area contributed by atoms with E-state index in [4.69, 9.17) is 5.11 Å². The van der Waals surface area contributed by atoms with Crippen LogP contribution in [0.3, 0.4) is 0 Å². The zero-order valence-electron chi connectivity index (χ0n) is 11.8. The average Bonchev–Trinajstić information content (AvgIpc) is 2.87. The van der Waals surface area contributed by atoms with Crippen molar-refractivity contribution in [3.05, 3.63) is 0 Å². The molecule has 1 atom stereocenters. The molecule has 2 aliphatic rings. The van der Waals surface area contributed by atoms with E-state index in [0.717, 1.165) is 0 Å². The van der Waals surface area contributed by atoms with Gasteiger partial charge in [-0.25, -0.2) is 33.5 Å². The molecule has 2 fully saturated rings. The molecule has 8 amide bonds. The lowest BCUT2D eigenvalue weighted by Crippen LogP contribution is -2.67. The van der Waals surface area contributed by atoms with Gasteiger partial charge in [0.25, 0.3) is 5.91 Å². The Bertz CT molecular complexity index is 720. The van der Waals surface area contributed by atoms with Crippen molar-refractivity contribution in [3.8, 4) is 0 Å². The topological polar surface area (TPSA) is 194 Å². The molecule has 0 spiro atoms. The van der Waals surface area contributed by atoms with Crippen LogP contribution in [0.4, 0.5) is 19.2 Å². The maximum absolute atomic E-state index is 11.7. The monoisotopic (exact) mass is 364 g/mol. The van der Waals surface area contributed by atoms with Gasteiger partial charge in [0.05, 0.1) is 6.54 Å². The van der Waals surface area contributed by atoms with Crippen LogP contribution in [0, 0.1) is 0 Å². The molecule has 2 aliphatic heterocycles. The van der Waals surface area contributed by atoms with Gasteiger partial charge < -0.3 is 15.7 Å². The third-order valence-electron chi connectivity index (χ3n) is 3.02. The van der Waals surface area contributed by atoms with E-state index < -0.39 is 46.3 Å². The summed E-state index contributed by atoms with van der Waals surface area (Å²) in [5.74, 6) is -0.949. The molecule has 0 aliphatic carbocycles. The van der Waals surface area contributed by atoms with Crippen molar-refractivity contribution < 1.29 is 37.5 Å². The summed E-state index contributed by atoms with van der Waals surface area (Å²) in [6, 6.07) is -4.59. The van der Waals surface area contributed by atoms with Crippen molar-refractivity contribution in [2.75, 3.05) is 19.6 Å². The molecule has 15 heteroatoms. The SMILES string of the molecule is O=C(O)N[C@H]1CN(C(=O)NS(=O)(=O)NC(=O)N2CCNC2=O)C1=O. The second kappa shape index (κ2) is 6.19. The normalized spacial score (nSPS) is 20.1. The van der Waals surface area contributed by atoms with Gasteiger partial charge in [-0.1, -0.05) is 0 Å². The number of likely N-dealkylation sites (tertiary alicyclic amines) is 1. The number of hydrogen-bond donors (Lipinski definition) is 5. The van der Waals surface area contributed by atoms with Gasteiger partial charge in [-0.15, -0.1) is 0 Å². The van der Waals surface area contributed by atoms with Crippen LogP contribution in [-0.4, -0.2) is 79.1 Å². The first-order valence-corrected chi connectivity index (χ1v) is 7.84. The fourth-order valence-corrected chi connectivity index (χ4v) is 2.63. The van der Waals surface area contributed by atoms with Gasteiger partial charge in [-0.2, -0.15) is 8.42 Å². The quantitative estimate of drug-likeness (QED) is 0.330. The lowest BCUT2D eigenvalue weighted by atomic mass is 10.1. The van der Waals surface area contributed by atoms with E-state index in [9.17, 15) is 32.4 Å². The molecular weight excluding hydrogens is 352 g/mol. The number of nitrogens with one attached hydrogen (secondary N) is 4. The van der Waals surface area contributed by atoms with Crippen LogP contribution in [0.15, 0.2) is 0 Å². The van der Waals surface area contributed by atoms with Gasteiger partial charge in [0.15, 0.2) is 0 Å². The van der Waals surface area contributed by atoms with Crippen molar-refractivity contribution in [1.82, 2.24) is 29.9 Å². The molecular formula is C9H12N6O8S. The second-order valence-electron chi connectivity index (χ2n) is 4.65. The molecule has 0 radical (unpaired) electrons. The fraction of sp³-hybridized carbons (Fsp3) is 0.444. The number of amides is 8. The number of β-lactam (4-membered cyclic amide) rings is 1. The number of carboxylic acid groups (broad SMARTS) is 1. The lowest BCUT2D eigenvalue weighted by molar-refractivity contribution is -0.138. The molecule has 24 heavy (non-hydrogen) atoms. The minimum atomic E-state index is -4.68. The van der Waals surface area contributed by atoms with Crippen molar-refractivity contribution in [3.63, 3.8) is 0 Å². The molecule has 14 nitrogen and oxygen atoms in total. The predicted molar refractivity (Wildman–Crippen MR) is 72.7 cm³/mol. The molecule has 5 N–H and O–H groups in total. The first kappa shape index (κ1) is 17.3. The number of carbonyl (C=O) groups excluding carboxylic acids is 4. The zero-order chi connectivity index (χ0) is 18.1. The highest BCUT2D eigenvalue weighted by molar-refractivity contribution is 7.88. The van der Waals surface area contributed by atoms with Crippen LogP contribution >= 0.6 is 0 Å². The maximum Gasteiger partial charge on any atom is 0.405 e. The van der Waals surface area contributed by atoms with Crippen LogP contribution in [0.25, 0.3) is 0 Å². The Labute approximate surface area is 134 Å². The van der Waals surface area contributed by atoms with Gasteiger partial charge >= 0.3 is 34.4 Å². The summed E-state index contributed by atoms with van der Waals surface area (Å²) in [5, 5.41) is 12.5. The van der Waals surface area contributed by atoms with Gasteiger partial charge in [0, 0.05) is 13.1 Å². The van der Waals surface area contributed by atoms with E-state index in [1.807, 2.05) is 5.32 Å². The predicted octanol–water partition coefficient (Wildman–Crippen LogP) is -2.85. The Kier molecular flexibility index (Phi) is 4.45. The summed E-state index contributed by atoms with van der Waals surface area (Å²) in [4.78, 5) is 57.3. The summed E-state index contributed by atoms with van der Waals surface area (Å²) >= 11 is 0. The number of hydrogen-bond acceptors (Lipinski definition) is 7. The van der Waals surface area contributed by atoms with E-state index >= 15 is 0 Å². The smallest absolute Gasteiger partial charge is 0.405 e. The Balaban J connectivity index is 1.89. The second-order valence-corrected chi connectivity index (χ2v) is 6.07. The van der Waals surface area contributed by atoms with E-state index in [-0.39, 0.29) is 19.6 Å². The Morgan fingerprint density at radius 3 is 2.17 bits per heavy atom. The van der Waals surface area contributed by atoms with E-state index in [1.165, 1.54) is 9.44 Å². The van der Waals surface area contributed by atoms with Gasteiger partial charge in [-0.05, 0) is 0 Å². The molecule has 132 valence electrons. The molecule has 2 saturated heterocycles. The Morgan fingerprint density at radius 2 is 1.71 bits per heavy atom. The number of nitrogens with zero attached hydrogens (tertiary/aromatic N) is 2. The van der Waals surface area contributed by atoms with Crippen LogP contribution in [0.1, 0.15) is 0 Å². The van der Waals surface area contributed by atoms with Crippen LogP contribution in [0.2, 0.25) is 0 Å².